The molecule has 1 amide bonds. The molecule has 0 fully saturated rings. The molecule has 0 radical (unpaired) electrons. The number of nitrogens with one attached hydrogen (secondary N) is 1. The highest BCUT2D eigenvalue weighted by atomic mass is 16.5. The lowest BCUT2D eigenvalue weighted by Crippen LogP contribution is -2.30. The lowest BCUT2D eigenvalue weighted by molar-refractivity contribution is -0.125. The summed E-state index contributed by atoms with van der Waals surface area (Å²) >= 11 is 0. The number of hydrogen-bond donors (Lipinski definition) is 1. The van der Waals surface area contributed by atoms with E-state index in [0.29, 0.717) is 24.7 Å². The molecule has 1 heterocycles. The van der Waals surface area contributed by atoms with Crippen LogP contribution in [0.1, 0.15) is 30.4 Å². The van der Waals surface area contributed by atoms with E-state index in [4.69, 9.17) is 9.47 Å². The largest absolute Gasteiger partial charge is 0.493 e. The van der Waals surface area contributed by atoms with E-state index < -0.39 is 0 Å². The summed E-state index contributed by atoms with van der Waals surface area (Å²) in [5, 5.41) is 3.02. The van der Waals surface area contributed by atoms with Crippen LogP contribution in [-0.4, -0.2) is 18.0 Å². The molecule has 5 heteroatoms. The number of pyridine rings is 1. The molecule has 26 heavy (non-hydrogen) atoms. The Kier molecular flexibility index (Phi) is 6.25. The van der Waals surface area contributed by atoms with Gasteiger partial charge >= 0.3 is 0 Å². The first kappa shape index (κ1) is 18.0. The average molecular weight is 352 g/mol. The van der Waals surface area contributed by atoms with Crippen LogP contribution in [0, 0.1) is 5.92 Å². The van der Waals surface area contributed by atoms with Crippen LogP contribution >= 0.6 is 0 Å². The van der Waals surface area contributed by atoms with Crippen LogP contribution in [0.5, 0.6) is 11.5 Å². The van der Waals surface area contributed by atoms with Gasteiger partial charge in [0.1, 0.15) is 6.61 Å². The van der Waals surface area contributed by atoms with Gasteiger partial charge in [0.25, 0.3) is 0 Å². The Morgan fingerprint density at radius 1 is 1.15 bits per heavy atom. The molecule has 5 nitrogen and oxygen atoms in total. The summed E-state index contributed by atoms with van der Waals surface area (Å²) in [6, 6.07) is 9.56. The van der Waals surface area contributed by atoms with Gasteiger partial charge in [0.15, 0.2) is 11.5 Å². The molecule has 1 aliphatic carbocycles. The van der Waals surface area contributed by atoms with Gasteiger partial charge in [0.05, 0.1) is 7.11 Å². The monoisotopic (exact) mass is 352 g/mol. The molecule has 2 aromatic rings. The zero-order chi connectivity index (χ0) is 18.2. The maximum atomic E-state index is 12.2. The second kappa shape index (κ2) is 9.04. The number of rotatable bonds is 7. The van der Waals surface area contributed by atoms with Crippen molar-refractivity contribution in [2.24, 2.45) is 5.92 Å². The molecule has 1 aromatic carbocycles. The van der Waals surface area contributed by atoms with Crippen LogP contribution in [0.25, 0.3) is 0 Å². The van der Waals surface area contributed by atoms with Crippen molar-refractivity contribution in [3.05, 3.63) is 66.0 Å². The molecule has 1 aromatic heterocycles. The normalized spacial score (nSPS) is 16.1. The maximum Gasteiger partial charge on any atom is 0.223 e. The van der Waals surface area contributed by atoms with Crippen LogP contribution in [0.4, 0.5) is 0 Å². The number of nitrogens with zero attached hydrogens (tertiary/aromatic N) is 1. The maximum absolute atomic E-state index is 12.2. The first-order valence-electron chi connectivity index (χ1n) is 8.87. The number of benzene rings is 1. The van der Waals surface area contributed by atoms with Crippen LogP contribution in [0.3, 0.4) is 0 Å². The molecule has 0 bridgehead atoms. The standard InChI is InChI=1S/C21H24N2O3/c1-25-20-13-17(14-23-21(24)18-5-3-2-4-6-18)7-8-19(20)26-15-16-9-11-22-12-10-16/h2-3,7-13,18H,4-6,14-15H2,1H3,(H,23,24). The second-order valence-electron chi connectivity index (χ2n) is 6.33. The Morgan fingerprint density at radius 3 is 2.73 bits per heavy atom. The van der Waals surface area contributed by atoms with E-state index in [9.17, 15) is 4.79 Å². The van der Waals surface area contributed by atoms with Gasteiger partial charge in [-0.1, -0.05) is 18.2 Å². The minimum atomic E-state index is 0.0878. The highest BCUT2D eigenvalue weighted by molar-refractivity contribution is 5.79. The molecule has 136 valence electrons. The third kappa shape index (κ3) is 4.85. The molecule has 1 atom stereocenters. The number of ether oxygens (including phenoxy) is 2. The Balaban J connectivity index is 1.57. The van der Waals surface area contributed by atoms with Crippen molar-refractivity contribution in [3.8, 4) is 11.5 Å². The summed E-state index contributed by atoms with van der Waals surface area (Å²) in [6.07, 6.45) is 10.4. The first-order chi connectivity index (χ1) is 12.8. The van der Waals surface area contributed by atoms with E-state index in [2.05, 4.69) is 22.5 Å². The highest BCUT2D eigenvalue weighted by Gasteiger charge is 2.18. The molecule has 0 aliphatic heterocycles. The van der Waals surface area contributed by atoms with Gasteiger partial charge in [0, 0.05) is 24.9 Å². The molecule has 3 rings (SSSR count). The van der Waals surface area contributed by atoms with Gasteiger partial charge in [-0.15, -0.1) is 0 Å². The average Bonchev–Trinajstić information content (AvgIpc) is 2.72. The number of carbonyl (C=O) groups excluding carboxylic acids is 1. The van der Waals surface area contributed by atoms with Crippen molar-refractivity contribution < 1.29 is 14.3 Å². The quantitative estimate of drug-likeness (QED) is 0.773. The molecule has 1 aliphatic rings. The molecular weight excluding hydrogens is 328 g/mol. The lowest BCUT2D eigenvalue weighted by Gasteiger charge is -2.17. The molecular formula is C21H24N2O3. The molecule has 1 N–H and O–H groups in total. The molecule has 0 saturated carbocycles. The van der Waals surface area contributed by atoms with E-state index in [1.807, 2.05) is 30.3 Å². The Hall–Kier alpha value is -2.82. The summed E-state index contributed by atoms with van der Waals surface area (Å²) < 4.78 is 11.3. The van der Waals surface area contributed by atoms with Crippen molar-refractivity contribution in [3.63, 3.8) is 0 Å². The van der Waals surface area contributed by atoms with Crippen molar-refractivity contribution in [1.82, 2.24) is 10.3 Å². The van der Waals surface area contributed by atoms with E-state index in [0.717, 1.165) is 30.4 Å². The van der Waals surface area contributed by atoms with Gasteiger partial charge < -0.3 is 14.8 Å². The smallest absolute Gasteiger partial charge is 0.223 e. The second-order valence-corrected chi connectivity index (χ2v) is 6.33. The fourth-order valence-electron chi connectivity index (χ4n) is 2.95. The van der Waals surface area contributed by atoms with E-state index in [1.165, 1.54) is 0 Å². The number of allylic oxidation sites excluding steroid dienone is 2. The number of amides is 1. The first-order valence-corrected chi connectivity index (χ1v) is 8.87. The van der Waals surface area contributed by atoms with Crippen LogP contribution < -0.4 is 14.8 Å². The van der Waals surface area contributed by atoms with Gasteiger partial charge in [-0.2, -0.15) is 0 Å². The molecule has 1 unspecified atom stereocenters. The predicted molar refractivity (Wildman–Crippen MR) is 99.9 cm³/mol. The van der Waals surface area contributed by atoms with Crippen LogP contribution in [-0.2, 0) is 17.9 Å². The summed E-state index contributed by atoms with van der Waals surface area (Å²) in [6.45, 7) is 0.935. The number of hydrogen-bond acceptors (Lipinski definition) is 4. The summed E-state index contributed by atoms with van der Waals surface area (Å²) in [7, 11) is 1.62. The number of methoxy groups -OCH3 is 1. The summed E-state index contributed by atoms with van der Waals surface area (Å²) in [5.41, 5.74) is 2.03. The minimum absolute atomic E-state index is 0.0878. The summed E-state index contributed by atoms with van der Waals surface area (Å²) in [5.74, 6) is 1.54. The minimum Gasteiger partial charge on any atom is -0.493 e. The topological polar surface area (TPSA) is 60.5 Å². The Labute approximate surface area is 154 Å². The van der Waals surface area contributed by atoms with E-state index >= 15 is 0 Å². The lowest BCUT2D eigenvalue weighted by atomic mass is 9.93. The van der Waals surface area contributed by atoms with Crippen LogP contribution in [0.2, 0.25) is 0 Å². The fourth-order valence-corrected chi connectivity index (χ4v) is 2.95. The zero-order valence-corrected chi connectivity index (χ0v) is 15.0. The van der Waals surface area contributed by atoms with Crippen molar-refractivity contribution in [2.45, 2.75) is 32.4 Å². The van der Waals surface area contributed by atoms with Gasteiger partial charge in [-0.05, 0) is 54.7 Å². The van der Waals surface area contributed by atoms with E-state index in [-0.39, 0.29) is 11.8 Å². The van der Waals surface area contributed by atoms with Gasteiger partial charge in [0.2, 0.25) is 5.91 Å². The van der Waals surface area contributed by atoms with Crippen LogP contribution in [0.15, 0.2) is 54.9 Å². The Bertz CT molecular complexity index is 759. The Morgan fingerprint density at radius 2 is 2.00 bits per heavy atom. The molecule has 0 saturated heterocycles. The fraction of sp³-hybridized carbons (Fsp3) is 0.333. The van der Waals surface area contributed by atoms with Crippen molar-refractivity contribution in [1.29, 1.82) is 0 Å². The molecule has 0 spiro atoms. The van der Waals surface area contributed by atoms with Gasteiger partial charge in [-0.3, -0.25) is 9.78 Å². The highest BCUT2D eigenvalue weighted by Crippen LogP contribution is 2.29. The van der Waals surface area contributed by atoms with Gasteiger partial charge in [-0.25, -0.2) is 0 Å². The third-order valence-corrected chi connectivity index (χ3v) is 4.48. The number of aromatic nitrogens is 1. The zero-order valence-electron chi connectivity index (χ0n) is 15.0. The SMILES string of the molecule is COc1cc(CNC(=O)C2CC=CCC2)ccc1OCc1ccncc1. The van der Waals surface area contributed by atoms with E-state index in [1.54, 1.807) is 19.5 Å². The number of carbonyl (C=O) groups is 1. The van der Waals surface area contributed by atoms with Crippen molar-refractivity contribution in [2.75, 3.05) is 7.11 Å². The predicted octanol–water partition coefficient (Wildman–Crippen LogP) is 3.64. The third-order valence-electron chi connectivity index (χ3n) is 4.48. The van der Waals surface area contributed by atoms with Crippen molar-refractivity contribution >= 4 is 5.91 Å². The summed E-state index contributed by atoms with van der Waals surface area (Å²) in [4.78, 5) is 16.2.